The normalized spacial score (nSPS) is 10.7. The van der Waals surface area contributed by atoms with E-state index in [4.69, 9.17) is 4.42 Å². The predicted octanol–water partition coefficient (Wildman–Crippen LogP) is 2.88. The van der Waals surface area contributed by atoms with Crippen LogP contribution >= 0.6 is 0 Å². The van der Waals surface area contributed by atoms with Crippen LogP contribution in [0, 0.1) is 12.9 Å². The second kappa shape index (κ2) is 2.09. The largest absolute Gasteiger partial charge is 0.431 e. The Morgan fingerprint density at radius 3 is 2.91 bits per heavy atom. The van der Waals surface area contributed by atoms with Crippen molar-refractivity contribution in [3.8, 4) is 0 Å². The lowest BCUT2D eigenvalue weighted by Gasteiger charge is -1.90. The highest BCUT2D eigenvalue weighted by atomic mass is 19.1. The fourth-order valence-electron chi connectivity index (χ4n) is 1.18. The van der Waals surface area contributed by atoms with Crippen molar-refractivity contribution in [3.05, 3.63) is 35.8 Å². The van der Waals surface area contributed by atoms with E-state index in [2.05, 4.69) is 0 Å². The van der Waals surface area contributed by atoms with E-state index in [0.29, 0.717) is 5.58 Å². The Hall–Kier alpha value is -1.31. The molecule has 0 fully saturated rings. The third-order valence-corrected chi connectivity index (χ3v) is 1.75. The summed E-state index contributed by atoms with van der Waals surface area (Å²) in [5, 5.41) is 0.852. The average Bonchev–Trinajstić information content (AvgIpc) is 2.31. The lowest BCUT2D eigenvalue weighted by molar-refractivity contribution is 0.381. The minimum atomic E-state index is -0.519. The molecule has 2 aromatic rings. The summed E-state index contributed by atoms with van der Waals surface area (Å²) < 4.78 is 17.3. The first-order valence-electron chi connectivity index (χ1n) is 3.42. The zero-order valence-electron chi connectivity index (χ0n) is 6.10. The first-order chi connectivity index (χ1) is 5.27. The van der Waals surface area contributed by atoms with Crippen LogP contribution in [0.3, 0.4) is 0 Å². The third kappa shape index (κ3) is 0.909. The molecule has 0 aliphatic carbocycles. The number of rotatable bonds is 0. The molecule has 0 N–H and O–H groups in total. The maximum atomic E-state index is 12.5. The summed E-state index contributed by atoms with van der Waals surface area (Å²) in [4.78, 5) is 0. The topological polar surface area (TPSA) is 13.1 Å². The second-order valence-electron chi connectivity index (χ2n) is 2.54. The van der Waals surface area contributed by atoms with E-state index < -0.39 is 6.01 Å². The standard InChI is InChI=1S/C9H7FO/c1-6-3-2-4-8-7(6)5-9(10)11-8/h2-5H,1H3. The van der Waals surface area contributed by atoms with E-state index in [0.717, 1.165) is 10.9 Å². The number of furan rings is 1. The molecule has 1 aromatic carbocycles. The Morgan fingerprint density at radius 1 is 1.36 bits per heavy atom. The monoisotopic (exact) mass is 150 g/mol. The van der Waals surface area contributed by atoms with E-state index >= 15 is 0 Å². The molecule has 11 heavy (non-hydrogen) atoms. The lowest BCUT2D eigenvalue weighted by Crippen LogP contribution is -1.69. The van der Waals surface area contributed by atoms with Gasteiger partial charge in [0.2, 0.25) is 0 Å². The first-order valence-corrected chi connectivity index (χ1v) is 3.42. The number of benzene rings is 1. The van der Waals surface area contributed by atoms with Gasteiger partial charge in [0.25, 0.3) is 6.01 Å². The molecular weight excluding hydrogens is 143 g/mol. The quantitative estimate of drug-likeness (QED) is 0.562. The molecule has 2 rings (SSSR count). The third-order valence-electron chi connectivity index (χ3n) is 1.75. The Morgan fingerprint density at radius 2 is 2.18 bits per heavy atom. The van der Waals surface area contributed by atoms with Crippen LogP contribution in [0.4, 0.5) is 4.39 Å². The van der Waals surface area contributed by atoms with Gasteiger partial charge in [0, 0.05) is 11.5 Å². The summed E-state index contributed by atoms with van der Waals surface area (Å²) in [6.07, 6.45) is 0. The highest BCUT2D eigenvalue weighted by Crippen LogP contribution is 2.20. The van der Waals surface area contributed by atoms with Crippen LogP contribution in [0.2, 0.25) is 0 Å². The summed E-state index contributed by atoms with van der Waals surface area (Å²) in [5.41, 5.74) is 1.65. The summed E-state index contributed by atoms with van der Waals surface area (Å²) in [6.45, 7) is 1.93. The fourth-order valence-corrected chi connectivity index (χ4v) is 1.18. The fraction of sp³-hybridized carbons (Fsp3) is 0.111. The molecule has 1 heterocycles. The van der Waals surface area contributed by atoms with Gasteiger partial charge in [-0.1, -0.05) is 12.1 Å². The molecule has 0 saturated carbocycles. The molecule has 0 saturated heterocycles. The highest BCUT2D eigenvalue weighted by molar-refractivity contribution is 5.80. The Labute approximate surface area is 63.4 Å². The molecule has 0 amide bonds. The molecule has 0 atom stereocenters. The minimum Gasteiger partial charge on any atom is -0.431 e. The van der Waals surface area contributed by atoms with Crippen molar-refractivity contribution in [1.29, 1.82) is 0 Å². The molecule has 1 aromatic heterocycles. The van der Waals surface area contributed by atoms with Crippen molar-refractivity contribution in [2.45, 2.75) is 6.92 Å². The van der Waals surface area contributed by atoms with Crippen LogP contribution in [0.5, 0.6) is 0 Å². The van der Waals surface area contributed by atoms with Crippen LogP contribution in [-0.4, -0.2) is 0 Å². The van der Waals surface area contributed by atoms with E-state index in [-0.39, 0.29) is 0 Å². The molecular formula is C9H7FO. The van der Waals surface area contributed by atoms with Gasteiger partial charge in [-0.25, -0.2) is 0 Å². The molecule has 0 aliphatic heterocycles. The van der Waals surface area contributed by atoms with Crippen molar-refractivity contribution in [1.82, 2.24) is 0 Å². The summed E-state index contributed by atoms with van der Waals surface area (Å²) in [5.74, 6) is 0. The molecule has 0 aliphatic rings. The Balaban J connectivity index is 2.90. The van der Waals surface area contributed by atoms with Crippen molar-refractivity contribution < 1.29 is 8.81 Å². The van der Waals surface area contributed by atoms with E-state index in [1.807, 2.05) is 19.1 Å². The zero-order valence-corrected chi connectivity index (χ0v) is 6.10. The summed E-state index contributed by atoms with van der Waals surface area (Å²) in [6, 6.07) is 6.42. The molecule has 0 radical (unpaired) electrons. The number of hydrogen-bond acceptors (Lipinski definition) is 1. The number of halogens is 1. The van der Waals surface area contributed by atoms with Gasteiger partial charge in [-0.3, -0.25) is 0 Å². The SMILES string of the molecule is Cc1cccc2oc(F)cc12. The summed E-state index contributed by atoms with van der Waals surface area (Å²) in [7, 11) is 0. The Kier molecular flexibility index (Phi) is 1.22. The van der Waals surface area contributed by atoms with Crippen LogP contribution in [0.25, 0.3) is 11.0 Å². The van der Waals surface area contributed by atoms with Gasteiger partial charge in [0.05, 0.1) is 0 Å². The van der Waals surface area contributed by atoms with Crippen LogP contribution in [-0.2, 0) is 0 Å². The van der Waals surface area contributed by atoms with Crippen LogP contribution in [0.15, 0.2) is 28.7 Å². The summed E-state index contributed by atoms with van der Waals surface area (Å²) >= 11 is 0. The smallest absolute Gasteiger partial charge is 0.278 e. The van der Waals surface area contributed by atoms with E-state index in [1.165, 1.54) is 6.07 Å². The maximum Gasteiger partial charge on any atom is 0.278 e. The molecule has 56 valence electrons. The van der Waals surface area contributed by atoms with Gasteiger partial charge in [0.15, 0.2) is 0 Å². The van der Waals surface area contributed by atoms with Crippen LogP contribution in [0.1, 0.15) is 5.56 Å². The highest BCUT2D eigenvalue weighted by Gasteiger charge is 2.02. The van der Waals surface area contributed by atoms with E-state index in [9.17, 15) is 4.39 Å². The molecule has 1 nitrogen and oxygen atoms in total. The number of fused-ring (bicyclic) bond motifs is 1. The minimum absolute atomic E-state index is 0.519. The average molecular weight is 150 g/mol. The van der Waals surface area contributed by atoms with E-state index in [1.54, 1.807) is 6.07 Å². The van der Waals surface area contributed by atoms with Crippen molar-refractivity contribution in [3.63, 3.8) is 0 Å². The van der Waals surface area contributed by atoms with Gasteiger partial charge in [-0.15, -0.1) is 0 Å². The van der Waals surface area contributed by atoms with Gasteiger partial charge >= 0.3 is 0 Å². The predicted molar refractivity (Wildman–Crippen MR) is 40.9 cm³/mol. The second-order valence-corrected chi connectivity index (χ2v) is 2.54. The zero-order chi connectivity index (χ0) is 7.84. The van der Waals surface area contributed by atoms with Crippen molar-refractivity contribution in [2.24, 2.45) is 0 Å². The molecule has 0 spiro atoms. The Bertz CT molecular complexity index is 389. The van der Waals surface area contributed by atoms with Gasteiger partial charge in [-0.2, -0.15) is 4.39 Å². The molecule has 0 bridgehead atoms. The van der Waals surface area contributed by atoms with Crippen molar-refractivity contribution in [2.75, 3.05) is 0 Å². The maximum absolute atomic E-state index is 12.5. The van der Waals surface area contributed by atoms with Gasteiger partial charge < -0.3 is 4.42 Å². The molecule has 0 unspecified atom stereocenters. The number of hydrogen-bond donors (Lipinski definition) is 0. The first kappa shape index (κ1) is 6.40. The molecule has 2 heteroatoms. The van der Waals surface area contributed by atoms with Crippen molar-refractivity contribution >= 4 is 11.0 Å². The lowest BCUT2D eigenvalue weighted by atomic mass is 10.1. The van der Waals surface area contributed by atoms with Gasteiger partial charge in [-0.05, 0) is 18.6 Å². The number of aryl methyl sites for hydroxylation is 1. The van der Waals surface area contributed by atoms with Gasteiger partial charge in [0.1, 0.15) is 5.58 Å². The van der Waals surface area contributed by atoms with Crippen LogP contribution < -0.4 is 0 Å².